The van der Waals surface area contributed by atoms with Gasteiger partial charge in [-0.05, 0) is 35.6 Å². The van der Waals surface area contributed by atoms with E-state index in [0.29, 0.717) is 11.3 Å². The third-order valence-corrected chi connectivity index (χ3v) is 2.81. The molecule has 2 aromatic carbocycles. The van der Waals surface area contributed by atoms with Crippen molar-refractivity contribution >= 4 is 29.2 Å². The molecule has 0 aliphatic carbocycles. The molecule has 2 aromatic rings. The smallest absolute Gasteiger partial charge is 0.263 e. The van der Waals surface area contributed by atoms with Crippen LogP contribution in [0.4, 0.5) is 11.4 Å². The van der Waals surface area contributed by atoms with Crippen LogP contribution in [0.5, 0.6) is 5.75 Å². The fourth-order valence-electron chi connectivity index (χ4n) is 1.63. The average Bonchev–Trinajstić information content (AvgIpc) is 2.47. The predicted molar refractivity (Wildman–Crippen MR) is 76.0 cm³/mol. The highest BCUT2D eigenvalue weighted by atomic mass is 35.5. The van der Waals surface area contributed by atoms with E-state index in [1.54, 1.807) is 18.2 Å². The molecule has 6 nitrogen and oxygen atoms in total. The number of aliphatic imine (C=N–C) groups is 1. The lowest BCUT2D eigenvalue weighted by Gasteiger charge is -2.10. The molecule has 0 atom stereocenters. The molecular weight excluding hydrogens is 294 g/mol. The van der Waals surface area contributed by atoms with Crippen molar-refractivity contribution < 1.29 is 10.0 Å². The average molecular weight is 301 g/mol. The minimum Gasteiger partial charge on any atom is -0.867 e. The molecule has 0 unspecified atom stereocenters. The summed E-state index contributed by atoms with van der Waals surface area (Å²) in [6.07, 6.45) is 1.19. The van der Waals surface area contributed by atoms with Gasteiger partial charge in [0.2, 0.25) is 0 Å². The van der Waals surface area contributed by atoms with E-state index in [9.17, 15) is 15.2 Å². The van der Waals surface area contributed by atoms with Gasteiger partial charge < -0.3 is 5.11 Å². The van der Waals surface area contributed by atoms with Crippen molar-refractivity contribution in [2.75, 3.05) is 0 Å². The Kier molecular flexibility index (Phi) is 4.16. The van der Waals surface area contributed by atoms with Crippen LogP contribution in [0.2, 0.25) is 5.02 Å². The second-order valence-electron chi connectivity index (χ2n) is 4.02. The van der Waals surface area contributed by atoms with Gasteiger partial charge in [-0.25, -0.2) is 0 Å². The van der Waals surface area contributed by atoms with Gasteiger partial charge in [0.05, 0.1) is 22.2 Å². The first kappa shape index (κ1) is 14.5. The maximum Gasteiger partial charge on any atom is 0.263 e. The van der Waals surface area contributed by atoms with Crippen molar-refractivity contribution in [3.63, 3.8) is 0 Å². The third-order valence-electron chi connectivity index (χ3n) is 2.59. The van der Waals surface area contributed by atoms with Crippen LogP contribution in [0.1, 0.15) is 11.1 Å². The highest BCUT2D eigenvalue weighted by molar-refractivity contribution is 6.31. The van der Waals surface area contributed by atoms with E-state index >= 15 is 0 Å². The maximum atomic E-state index is 11.9. The molecule has 0 aliphatic heterocycles. The summed E-state index contributed by atoms with van der Waals surface area (Å²) in [6.45, 7) is 0. The lowest BCUT2D eigenvalue weighted by atomic mass is 10.2. The molecule has 0 N–H and O–H groups in total. The Morgan fingerprint density at radius 3 is 2.76 bits per heavy atom. The molecule has 2 rings (SSSR count). The van der Waals surface area contributed by atoms with E-state index in [2.05, 4.69) is 4.99 Å². The predicted octanol–water partition coefficient (Wildman–Crippen LogP) is 2.94. The van der Waals surface area contributed by atoms with E-state index in [1.165, 1.54) is 18.3 Å². The molecule has 7 heteroatoms. The summed E-state index contributed by atoms with van der Waals surface area (Å²) in [5, 5.41) is 31.5. The number of nitrogens with zero attached hydrogens (tertiary/aromatic N) is 3. The number of halogens is 1. The summed E-state index contributed by atoms with van der Waals surface area (Å²) in [6, 6.07) is 10.7. The number of nitro benzene ring substituents is 1. The summed E-state index contributed by atoms with van der Waals surface area (Å²) < 4.78 is 0. The van der Waals surface area contributed by atoms with Crippen LogP contribution in [0, 0.1) is 21.4 Å². The number of hydrogen-bond donors (Lipinski definition) is 0. The monoisotopic (exact) mass is 300 g/mol. The van der Waals surface area contributed by atoms with Crippen molar-refractivity contribution in [1.82, 2.24) is 0 Å². The van der Waals surface area contributed by atoms with Gasteiger partial charge in [0.1, 0.15) is 0 Å². The second kappa shape index (κ2) is 6.03. The van der Waals surface area contributed by atoms with Gasteiger partial charge >= 0.3 is 0 Å². The molecule has 104 valence electrons. The van der Waals surface area contributed by atoms with Crippen molar-refractivity contribution in [3.8, 4) is 11.8 Å². The molecule has 0 aromatic heterocycles. The first-order valence-electron chi connectivity index (χ1n) is 5.70. The Morgan fingerprint density at radius 2 is 2.10 bits per heavy atom. The zero-order valence-corrected chi connectivity index (χ0v) is 11.2. The summed E-state index contributed by atoms with van der Waals surface area (Å²) >= 11 is 5.75. The summed E-state index contributed by atoms with van der Waals surface area (Å²) in [5.41, 5.74) is 0.284. The molecule has 0 spiro atoms. The van der Waals surface area contributed by atoms with Crippen molar-refractivity contribution in [3.05, 3.63) is 62.7 Å². The fraction of sp³-hybridized carbons (Fsp3) is 0. The Labute approximate surface area is 124 Å². The standard InChI is InChI=1S/C14H8ClN3O3/c15-11-5-10(14(19)13(6-11)18(20)21)8-17-12-3-1-2-9(4-12)7-16/h1-6,8,19H/p-1. The second-order valence-corrected chi connectivity index (χ2v) is 4.46. The number of benzene rings is 2. The molecule has 21 heavy (non-hydrogen) atoms. The van der Waals surface area contributed by atoms with Gasteiger partial charge in [-0.1, -0.05) is 17.7 Å². The van der Waals surface area contributed by atoms with Gasteiger partial charge in [0, 0.05) is 17.3 Å². The van der Waals surface area contributed by atoms with Crippen LogP contribution in [-0.2, 0) is 0 Å². The number of nitriles is 1. The van der Waals surface area contributed by atoms with Gasteiger partial charge in [-0.3, -0.25) is 15.1 Å². The SMILES string of the molecule is N#Cc1cccc(N=Cc2cc(Cl)cc([N+](=O)[O-])c2[O-])c1. The summed E-state index contributed by atoms with van der Waals surface area (Å²) in [7, 11) is 0. The van der Waals surface area contributed by atoms with Gasteiger partial charge in [0.25, 0.3) is 5.69 Å². The topological polar surface area (TPSA) is 102 Å². The van der Waals surface area contributed by atoms with Gasteiger partial charge in [-0.2, -0.15) is 5.26 Å². The Bertz CT molecular complexity index is 782. The molecule has 0 bridgehead atoms. The molecule has 0 aliphatic rings. The normalized spacial score (nSPS) is 10.5. The lowest BCUT2D eigenvalue weighted by Crippen LogP contribution is -2.02. The van der Waals surface area contributed by atoms with E-state index in [-0.39, 0.29) is 10.6 Å². The largest absolute Gasteiger partial charge is 0.867 e. The molecule has 0 fully saturated rings. The maximum absolute atomic E-state index is 11.9. The highest BCUT2D eigenvalue weighted by Crippen LogP contribution is 2.30. The summed E-state index contributed by atoms with van der Waals surface area (Å²) in [4.78, 5) is 14.0. The molecule has 0 saturated heterocycles. The number of rotatable bonds is 3. The lowest BCUT2D eigenvalue weighted by molar-refractivity contribution is -0.398. The quantitative estimate of drug-likeness (QED) is 0.494. The van der Waals surface area contributed by atoms with Gasteiger partial charge in [-0.15, -0.1) is 0 Å². The fourth-order valence-corrected chi connectivity index (χ4v) is 1.85. The Balaban J connectivity index is 2.41. The van der Waals surface area contributed by atoms with Crippen LogP contribution in [0.15, 0.2) is 41.4 Å². The van der Waals surface area contributed by atoms with E-state index in [1.807, 2.05) is 6.07 Å². The minimum atomic E-state index is -0.790. The Morgan fingerprint density at radius 1 is 1.33 bits per heavy atom. The van der Waals surface area contributed by atoms with Crippen molar-refractivity contribution in [2.45, 2.75) is 0 Å². The van der Waals surface area contributed by atoms with Crippen LogP contribution < -0.4 is 5.11 Å². The van der Waals surface area contributed by atoms with E-state index < -0.39 is 16.4 Å². The van der Waals surface area contributed by atoms with Crippen LogP contribution in [-0.4, -0.2) is 11.1 Å². The molecule has 0 saturated carbocycles. The van der Waals surface area contributed by atoms with E-state index in [4.69, 9.17) is 16.9 Å². The van der Waals surface area contributed by atoms with Crippen LogP contribution in [0.25, 0.3) is 0 Å². The van der Waals surface area contributed by atoms with E-state index in [0.717, 1.165) is 6.07 Å². The number of nitro groups is 1. The zero-order chi connectivity index (χ0) is 15.4. The minimum absolute atomic E-state index is 0.0107. The molecule has 0 heterocycles. The van der Waals surface area contributed by atoms with Crippen molar-refractivity contribution in [2.24, 2.45) is 4.99 Å². The van der Waals surface area contributed by atoms with Gasteiger partial charge in [0.15, 0.2) is 0 Å². The Hall–Kier alpha value is -2.91. The zero-order valence-electron chi connectivity index (χ0n) is 10.5. The molecule has 0 amide bonds. The first-order chi connectivity index (χ1) is 10.0. The molecular formula is C14H7ClN3O3-. The summed E-state index contributed by atoms with van der Waals surface area (Å²) in [5.74, 6) is -0.760. The first-order valence-corrected chi connectivity index (χ1v) is 6.08. The highest BCUT2D eigenvalue weighted by Gasteiger charge is 2.11. The molecule has 0 radical (unpaired) electrons. The third kappa shape index (κ3) is 3.35. The van der Waals surface area contributed by atoms with Crippen LogP contribution >= 0.6 is 11.6 Å². The van der Waals surface area contributed by atoms with Crippen molar-refractivity contribution in [1.29, 1.82) is 5.26 Å². The number of hydrogen-bond acceptors (Lipinski definition) is 5. The van der Waals surface area contributed by atoms with Crippen LogP contribution in [0.3, 0.4) is 0 Å².